The lowest BCUT2D eigenvalue weighted by Gasteiger charge is -2.33. The van der Waals surface area contributed by atoms with Gasteiger partial charge in [-0.05, 0) is 123 Å². The molecule has 0 unspecified atom stereocenters. The molecule has 1 aromatic carbocycles. The summed E-state index contributed by atoms with van der Waals surface area (Å²) in [7, 11) is 2.07. The number of aromatic nitrogens is 4. The van der Waals surface area contributed by atoms with Crippen molar-refractivity contribution >= 4 is 34.8 Å². The molecule has 2 aliphatic heterocycles. The summed E-state index contributed by atoms with van der Waals surface area (Å²) in [6, 6.07) is 11.3. The van der Waals surface area contributed by atoms with Gasteiger partial charge in [0.1, 0.15) is 17.0 Å². The summed E-state index contributed by atoms with van der Waals surface area (Å²) in [6.45, 7) is 14.5. The van der Waals surface area contributed by atoms with E-state index in [9.17, 15) is 14.4 Å². The number of anilines is 1. The zero-order valence-corrected chi connectivity index (χ0v) is 31.6. The summed E-state index contributed by atoms with van der Waals surface area (Å²) in [5, 5.41) is 8.33. The van der Waals surface area contributed by atoms with Crippen LogP contribution in [0.3, 0.4) is 0 Å². The molecule has 4 aromatic rings. The lowest BCUT2D eigenvalue weighted by Crippen LogP contribution is -2.41. The first-order valence-corrected chi connectivity index (χ1v) is 18.5. The van der Waals surface area contributed by atoms with Gasteiger partial charge < -0.3 is 19.7 Å². The Labute approximate surface area is 306 Å². The minimum absolute atomic E-state index is 0.0840. The molecule has 1 N–H and O–H groups in total. The fourth-order valence-corrected chi connectivity index (χ4v) is 7.17. The van der Waals surface area contributed by atoms with Crippen LogP contribution in [0.25, 0.3) is 22.0 Å². The van der Waals surface area contributed by atoms with E-state index in [4.69, 9.17) is 9.47 Å². The summed E-state index contributed by atoms with van der Waals surface area (Å²) in [5.74, 6) is 0.627. The maximum absolute atomic E-state index is 13.5. The molecule has 1 atom stereocenters. The van der Waals surface area contributed by atoms with Gasteiger partial charge in [-0.2, -0.15) is 5.10 Å². The highest BCUT2D eigenvalue weighted by Crippen LogP contribution is 2.35. The van der Waals surface area contributed by atoms with E-state index >= 15 is 0 Å². The Morgan fingerprint density at radius 3 is 2.31 bits per heavy atom. The molecular formula is C40H53N7O5. The number of nitrogens with one attached hydrogen (secondary N) is 1. The molecule has 2 fully saturated rings. The van der Waals surface area contributed by atoms with E-state index in [2.05, 4.69) is 27.3 Å². The van der Waals surface area contributed by atoms with Crippen LogP contribution in [0.5, 0.6) is 0 Å². The van der Waals surface area contributed by atoms with Crippen LogP contribution in [0, 0.1) is 5.92 Å². The van der Waals surface area contributed by atoms with E-state index in [1.807, 2.05) is 87.8 Å². The number of pyridine rings is 1. The topological polar surface area (TPSA) is 124 Å². The molecule has 0 radical (unpaired) electrons. The van der Waals surface area contributed by atoms with Gasteiger partial charge in [-0.1, -0.05) is 12.1 Å². The van der Waals surface area contributed by atoms with Gasteiger partial charge in [0, 0.05) is 60.3 Å². The second kappa shape index (κ2) is 15.1. The van der Waals surface area contributed by atoms with E-state index in [0.717, 1.165) is 86.9 Å². The molecule has 0 spiro atoms. The summed E-state index contributed by atoms with van der Waals surface area (Å²) in [5.41, 5.74) is 2.67. The van der Waals surface area contributed by atoms with Crippen molar-refractivity contribution in [1.29, 1.82) is 0 Å². The van der Waals surface area contributed by atoms with Crippen molar-refractivity contribution in [1.82, 2.24) is 29.1 Å². The van der Waals surface area contributed by atoms with Gasteiger partial charge in [0.2, 0.25) is 0 Å². The number of nitrogens with zero attached hydrogens (tertiary/aromatic N) is 6. The van der Waals surface area contributed by atoms with Crippen LogP contribution in [-0.4, -0.2) is 85.1 Å². The van der Waals surface area contributed by atoms with Crippen molar-refractivity contribution in [2.24, 2.45) is 5.92 Å². The van der Waals surface area contributed by atoms with Crippen molar-refractivity contribution in [3.63, 3.8) is 0 Å². The molecule has 2 saturated heterocycles. The molecule has 0 bridgehead atoms. The summed E-state index contributed by atoms with van der Waals surface area (Å²) >= 11 is 0. The first-order valence-electron chi connectivity index (χ1n) is 18.5. The number of rotatable bonds is 8. The minimum Gasteiger partial charge on any atom is -0.444 e. The minimum atomic E-state index is -0.665. The molecule has 278 valence electrons. The highest BCUT2D eigenvalue weighted by molar-refractivity contribution is 6.05. The quantitative estimate of drug-likeness (QED) is 0.194. The number of piperidine rings is 1. The largest absolute Gasteiger partial charge is 0.444 e. The number of ether oxygens (including phenoxy) is 2. The average Bonchev–Trinajstić information content (AvgIpc) is 3.82. The fraction of sp³-hybridized carbons (Fsp3) is 0.525. The highest BCUT2D eigenvalue weighted by Gasteiger charge is 2.31. The lowest BCUT2D eigenvalue weighted by molar-refractivity contribution is 0.0179. The average molecular weight is 712 g/mol. The van der Waals surface area contributed by atoms with Gasteiger partial charge in [-0.25, -0.2) is 19.1 Å². The van der Waals surface area contributed by atoms with Crippen molar-refractivity contribution in [3.05, 3.63) is 66.2 Å². The summed E-state index contributed by atoms with van der Waals surface area (Å²) in [4.78, 5) is 48.0. The Morgan fingerprint density at radius 1 is 0.885 bits per heavy atom. The van der Waals surface area contributed by atoms with Gasteiger partial charge >= 0.3 is 12.2 Å². The molecule has 2 amide bonds. The van der Waals surface area contributed by atoms with Crippen molar-refractivity contribution in [2.45, 2.75) is 104 Å². The van der Waals surface area contributed by atoms with Crippen molar-refractivity contribution in [3.8, 4) is 11.1 Å². The summed E-state index contributed by atoms with van der Waals surface area (Å²) < 4.78 is 14.9. The second-order valence-electron chi connectivity index (χ2n) is 16.2. The van der Waals surface area contributed by atoms with Crippen LogP contribution >= 0.6 is 0 Å². The Morgan fingerprint density at radius 2 is 1.62 bits per heavy atom. The van der Waals surface area contributed by atoms with Crippen LogP contribution in [0.2, 0.25) is 0 Å². The number of hydrogen-bond acceptors (Lipinski definition) is 8. The molecule has 5 heterocycles. The van der Waals surface area contributed by atoms with Gasteiger partial charge in [-0.3, -0.25) is 14.4 Å². The zero-order valence-electron chi connectivity index (χ0n) is 31.6. The second-order valence-corrected chi connectivity index (χ2v) is 16.2. The predicted octanol–water partition coefficient (Wildman–Crippen LogP) is 8.13. The van der Waals surface area contributed by atoms with Gasteiger partial charge in [0.05, 0.1) is 17.8 Å². The lowest BCUT2D eigenvalue weighted by atomic mass is 9.92. The van der Waals surface area contributed by atoms with E-state index in [1.54, 1.807) is 22.9 Å². The van der Waals surface area contributed by atoms with E-state index in [1.165, 1.54) is 0 Å². The van der Waals surface area contributed by atoms with Gasteiger partial charge in [0.25, 0.3) is 5.91 Å². The molecule has 52 heavy (non-hydrogen) atoms. The fourth-order valence-electron chi connectivity index (χ4n) is 7.17. The van der Waals surface area contributed by atoms with Crippen LogP contribution in [0.15, 0.2) is 55.0 Å². The Hall–Kier alpha value is -4.71. The standard InChI is InChI=1S/C40H53N7O5/c1-39(2,3)51-37(49)45-19-15-27(16-20-45)11-9-18-46-26-31(25-42-46)28-12-8-13-29(21-28)36(48)43-35-23-33-30(24-41-35)22-34(32-14-10-17-44(32)7)47(33)38(50)52-40(4,5)6/h8,12-13,21-27,32H,9-11,14-20H2,1-7H3,(H,41,43,48)/t32-/m1/s1. The van der Waals surface area contributed by atoms with Crippen LogP contribution in [0.4, 0.5) is 15.4 Å². The van der Waals surface area contributed by atoms with E-state index in [-0.39, 0.29) is 18.0 Å². The van der Waals surface area contributed by atoms with Crippen molar-refractivity contribution < 1.29 is 23.9 Å². The summed E-state index contributed by atoms with van der Waals surface area (Å²) in [6.07, 6.45) is 10.9. The highest BCUT2D eigenvalue weighted by atomic mass is 16.6. The smallest absolute Gasteiger partial charge is 0.419 e. The normalized spacial score (nSPS) is 17.4. The molecule has 12 heteroatoms. The number of carbonyl (C=O) groups excluding carboxylic acids is 3. The molecule has 6 rings (SSSR count). The number of carbonyl (C=O) groups is 3. The zero-order chi connectivity index (χ0) is 37.2. The Balaban J connectivity index is 1.08. The molecular weight excluding hydrogens is 658 g/mol. The monoisotopic (exact) mass is 711 g/mol. The molecule has 12 nitrogen and oxygen atoms in total. The first-order chi connectivity index (χ1) is 24.6. The van der Waals surface area contributed by atoms with Crippen LogP contribution in [0.1, 0.15) is 102 Å². The van der Waals surface area contributed by atoms with Gasteiger partial charge in [-0.15, -0.1) is 0 Å². The maximum atomic E-state index is 13.5. The Kier molecular flexibility index (Phi) is 10.8. The third kappa shape index (κ3) is 9.01. The van der Waals surface area contributed by atoms with Crippen molar-refractivity contribution in [2.75, 3.05) is 32.0 Å². The van der Waals surface area contributed by atoms with Crippen LogP contribution < -0.4 is 5.32 Å². The third-order valence-electron chi connectivity index (χ3n) is 9.75. The number of likely N-dealkylation sites (tertiary alicyclic amines) is 2. The van der Waals surface area contributed by atoms with Gasteiger partial charge in [0.15, 0.2) is 0 Å². The number of amides is 2. The number of aryl methyl sites for hydroxylation is 1. The first kappa shape index (κ1) is 37.1. The van der Waals surface area contributed by atoms with Crippen LogP contribution in [-0.2, 0) is 16.0 Å². The molecule has 3 aromatic heterocycles. The number of fused-ring (bicyclic) bond motifs is 1. The van der Waals surface area contributed by atoms with E-state index in [0.29, 0.717) is 22.8 Å². The molecule has 0 aliphatic carbocycles. The third-order valence-corrected chi connectivity index (χ3v) is 9.75. The SMILES string of the molecule is CN1CCC[C@@H]1c1cc2cnc(NC(=O)c3cccc(-c4cnn(CCCC5CCN(C(=O)OC(C)(C)C)CC5)c4)c3)cc2n1C(=O)OC(C)(C)C. The number of benzene rings is 1. The maximum Gasteiger partial charge on any atom is 0.419 e. The molecule has 0 saturated carbocycles. The predicted molar refractivity (Wildman–Crippen MR) is 201 cm³/mol. The Bertz CT molecular complexity index is 1910. The number of hydrogen-bond donors (Lipinski definition) is 1. The molecule has 2 aliphatic rings. The van der Waals surface area contributed by atoms with E-state index < -0.39 is 17.3 Å².